The minimum Gasteiger partial charge on any atom is -0.462 e. The molecule has 0 aliphatic carbocycles. The Kier molecular flexibility index (Phi) is 9.38. The SMILES string of the molecule is CCCN(CCCC(=O)OC1CCN(c2ccc(C(=O)NC)cn2)CC1)C(C)C. The van der Waals surface area contributed by atoms with E-state index in [0.717, 1.165) is 57.7 Å². The lowest BCUT2D eigenvalue weighted by Gasteiger charge is -2.32. The smallest absolute Gasteiger partial charge is 0.306 e. The van der Waals surface area contributed by atoms with E-state index in [0.29, 0.717) is 18.0 Å². The molecule has 0 saturated carbocycles. The topological polar surface area (TPSA) is 74.8 Å². The van der Waals surface area contributed by atoms with Crippen LogP contribution in [0.3, 0.4) is 0 Å². The van der Waals surface area contributed by atoms with Gasteiger partial charge in [0.15, 0.2) is 0 Å². The summed E-state index contributed by atoms with van der Waals surface area (Å²) < 4.78 is 5.69. The van der Waals surface area contributed by atoms with Crippen molar-refractivity contribution in [3.8, 4) is 0 Å². The van der Waals surface area contributed by atoms with Crippen LogP contribution in [0.1, 0.15) is 63.2 Å². The quantitative estimate of drug-likeness (QED) is 0.605. The number of amides is 1. The van der Waals surface area contributed by atoms with E-state index >= 15 is 0 Å². The van der Waals surface area contributed by atoms with Gasteiger partial charge in [0.25, 0.3) is 5.91 Å². The molecule has 2 heterocycles. The maximum Gasteiger partial charge on any atom is 0.306 e. The summed E-state index contributed by atoms with van der Waals surface area (Å²) in [6, 6.07) is 4.16. The average Bonchev–Trinajstić information content (AvgIpc) is 2.73. The number of aromatic nitrogens is 1. The van der Waals surface area contributed by atoms with Crippen molar-refractivity contribution in [3.05, 3.63) is 23.9 Å². The molecule has 7 nitrogen and oxygen atoms in total. The zero-order chi connectivity index (χ0) is 21.2. The van der Waals surface area contributed by atoms with E-state index in [4.69, 9.17) is 4.74 Å². The number of anilines is 1. The zero-order valence-corrected chi connectivity index (χ0v) is 18.3. The summed E-state index contributed by atoms with van der Waals surface area (Å²) in [6.07, 6.45) is 5.65. The molecule has 2 rings (SSSR count). The van der Waals surface area contributed by atoms with E-state index in [1.54, 1.807) is 19.3 Å². The number of ether oxygens (including phenoxy) is 1. The van der Waals surface area contributed by atoms with E-state index in [2.05, 4.69) is 40.9 Å². The fourth-order valence-electron chi connectivity index (χ4n) is 3.64. The van der Waals surface area contributed by atoms with Gasteiger partial charge < -0.3 is 19.9 Å². The van der Waals surface area contributed by atoms with Crippen LogP contribution >= 0.6 is 0 Å². The molecule has 29 heavy (non-hydrogen) atoms. The summed E-state index contributed by atoms with van der Waals surface area (Å²) in [5.74, 6) is 0.629. The number of piperidine rings is 1. The Morgan fingerprint density at radius 2 is 2.00 bits per heavy atom. The van der Waals surface area contributed by atoms with Gasteiger partial charge in [0.1, 0.15) is 11.9 Å². The predicted octanol–water partition coefficient (Wildman–Crippen LogP) is 2.85. The molecule has 1 N–H and O–H groups in total. The minimum absolute atomic E-state index is 0.0132. The molecule has 0 spiro atoms. The van der Waals surface area contributed by atoms with Gasteiger partial charge >= 0.3 is 5.97 Å². The minimum atomic E-state index is -0.138. The Labute approximate surface area is 174 Å². The molecule has 1 amide bonds. The number of rotatable bonds is 10. The van der Waals surface area contributed by atoms with Gasteiger partial charge in [-0.3, -0.25) is 9.59 Å². The second-order valence-corrected chi connectivity index (χ2v) is 7.89. The highest BCUT2D eigenvalue weighted by atomic mass is 16.5. The highest BCUT2D eigenvalue weighted by molar-refractivity contribution is 5.93. The van der Waals surface area contributed by atoms with Gasteiger partial charge in [-0.1, -0.05) is 6.92 Å². The Balaban J connectivity index is 1.71. The third-order valence-corrected chi connectivity index (χ3v) is 5.37. The first-order valence-electron chi connectivity index (χ1n) is 10.8. The number of hydrogen-bond donors (Lipinski definition) is 1. The highest BCUT2D eigenvalue weighted by Crippen LogP contribution is 2.20. The van der Waals surface area contributed by atoms with E-state index in [1.807, 2.05) is 6.07 Å². The average molecular weight is 405 g/mol. The first-order valence-corrected chi connectivity index (χ1v) is 10.8. The molecule has 0 aromatic carbocycles. The first kappa shape index (κ1) is 23.1. The third-order valence-electron chi connectivity index (χ3n) is 5.37. The van der Waals surface area contributed by atoms with Crippen LogP contribution in [0.4, 0.5) is 5.82 Å². The second-order valence-electron chi connectivity index (χ2n) is 7.89. The maximum atomic E-state index is 12.2. The Morgan fingerprint density at radius 1 is 1.28 bits per heavy atom. The first-order chi connectivity index (χ1) is 13.9. The molecule has 1 aromatic rings. The van der Waals surface area contributed by atoms with Crippen LogP contribution in [0.2, 0.25) is 0 Å². The van der Waals surface area contributed by atoms with Crippen LogP contribution in [0.5, 0.6) is 0 Å². The summed E-state index contributed by atoms with van der Waals surface area (Å²) in [7, 11) is 1.61. The number of esters is 1. The predicted molar refractivity (Wildman–Crippen MR) is 115 cm³/mol. The van der Waals surface area contributed by atoms with Crippen molar-refractivity contribution in [2.45, 2.75) is 65.0 Å². The molecule has 162 valence electrons. The van der Waals surface area contributed by atoms with Crippen molar-refractivity contribution in [3.63, 3.8) is 0 Å². The Bertz CT molecular complexity index is 640. The van der Waals surface area contributed by atoms with Crippen molar-refractivity contribution in [1.29, 1.82) is 0 Å². The molecule has 0 atom stereocenters. The van der Waals surface area contributed by atoms with E-state index in [9.17, 15) is 9.59 Å². The molecule has 1 saturated heterocycles. The molecular formula is C22H36N4O3. The van der Waals surface area contributed by atoms with E-state index in [1.165, 1.54) is 0 Å². The maximum absolute atomic E-state index is 12.2. The molecule has 1 aliphatic heterocycles. The number of nitrogens with zero attached hydrogens (tertiary/aromatic N) is 3. The van der Waals surface area contributed by atoms with Crippen LogP contribution in [-0.2, 0) is 9.53 Å². The third kappa shape index (κ3) is 7.31. The highest BCUT2D eigenvalue weighted by Gasteiger charge is 2.23. The van der Waals surface area contributed by atoms with Crippen molar-refractivity contribution >= 4 is 17.7 Å². The van der Waals surface area contributed by atoms with E-state index in [-0.39, 0.29) is 18.0 Å². The van der Waals surface area contributed by atoms with E-state index < -0.39 is 0 Å². The summed E-state index contributed by atoms with van der Waals surface area (Å²) >= 11 is 0. The van der Waals surface area contributed by atoms with Crippen LogP contribution in [0.25, 0.3) is 0 Å². The van der Waals surface area contributed by atoms with Crippen molar-refractivity contribution in [2.75, 3.05) is 38.1 Å². The van der Waals surface area contributed by atoms with Gasteiger partial charge in [-0.25, -0.2) is 4.98 Å². The lowest BCUT2D eigenvalue weighted by atomic mass is 10.1. The van der Waals surface area contributed by atoms with Crippen molar-refractivity contribution in [2.24, 2.45) is 0 Å². The summed E-state index contributed by atoms with van der Waals surface area (Å²) in [4.78, 5) is 32.8. The number of carbonyl (C=O) groups is 2. The summed E-state index contributed by atoms with van der Waals surface area (Å²) in [5.41, 5.74) is 0.551. The van der Waals surface area contributed by atoms with Gasteiger partial charge in [-0.15, -0.1) is 0 Å². The van der Waals surface area contributed by atoms with Gasteiger partial charge in [0, 0.05) is 51.6 Å². The van der Waals surface area contributed by atoms with Crippen LogP contribution < -0.4 is 10.2 Å². The standard InChI is InChI=1S/C22H36N4O3/c1-5-12-25(17(2)3)13-6-7-21(27)29-19-10-14-26(15-11-19)20-9-8-18(16-24-20)22(28)23-4/h8-9,16-17,19H,5-7,10-15H2,1-4H3,(H,23,28). The molecule has 1 aliphatic rings. The fraction of sp³-hybridized carbons (Fsp3) is 0.682. The number of hydrogen-bond acceptors (Lipinski definition) is 6. The largest absolute Gasteiger partial charge is 0.462 e. The molecule has 0 unspecified atom stereocenters. The van der Waals surface area contributed by atoms with Gasteiger partial charge in [-0.05, 0) is 51.9 Å². The van der Waals surface area contributed by atoms with Gasteiger partial charge in [0.05, 0.1) is 5.56 Å². The number of nitrogens with one attached hydrogen (secondary N) is 1. The monoisotopic (exact) mass is 404 g/mol. The molecule has 7 heteroatoms. The van der Waals surface area contributed by atoms with Crippen LogP contribution in [-0.4, -0.2) is 67.1 Å². The Morgan fingerprint density at radius 3 is 2.55 bits per heavy atom. The van der Waals surface area contributed by atoms with Crippen molar-refractivity contribution < 1.29 is 14.3 Å². The lowest BCUT2D eigenvalue weighted by Crippen LogP contribution is -2.38. The summed E-state index contributed by atoms with van der Waals surface area (Å²) in [5, 5.41) is 2.59. The molecule has 1 aromatic heterocycles. The normalized spacial score (nSPS) is 15.0. The molecule has 1 fully saturated rings. The Hall–Kier alpha value is -2.15. The number of carbonyl (C=O) groups excluding carboxylic acids is 2. The fourth-order valence-corrected chi connectivity index (χ4v) is 3.64. The van der Waals surface area contributed by atoms with Gasteiger partial charge in [0.2, 0.25) is 0 Å². The second kappa shape index (κ2) is 11.8. The molecular weight excluding hydrogens is 368 g/mol. The summed E-state index contributed by atoms with van der Waals surface area (Å²) in [6.45, 7) is 10.2. The van der Waals surface area contributed by atoms with Crippen LogP contribution in [0, 0.1) is 0 Å². The van der Waals surface area contributed by atoms with Crippen LogP contribution in [0.15, 0.2) is 18.3 Å². The van der Waals surface area contributed by atoms with Crippen molar-refractivity contribution in [1.82, 2.24) is 15.2 Å². The number of pyridine rings is 1. The van der Waals surface area contributed by atoms with Gasteiger partial charge in [-0.2, -0.15) is 0 Å². The lowest BCUT2D eigenvalue weighted by molar-refractivity contribution is -0.150. The molecule has 0 radical (unpaired) electrons. The molecule has 0 bridgehead atoms. The zero-order valence-electron chi connectivity index (χ0n) is 18.3.